The van der Waals surface area contributed by atoms with Crippen LogP contribution >= 0.6 is 0 Å². The molecule has 0 aliphatic rings. The summed E-state index contributed by atoms with van der Waals surface area (Å²) in [6, 6.07) is 3.31. The van der Waals surface area contributed by atoms with Crippen molar-refractivity contribution in [1.29, 1.82) is 0 Å². The largest absolute Gasteiger partial charge is 0.373 e. The van der Waals surface area contributed by atoms with E-state index in [-0.39, 0.29) is 16.6 Å². The molecule has 0 saturated carbocycles. The van der Waals surface area contributed by atoms with Gasteiger partial charge in [-0.1, -0.05) is 6.92 Å². The number of rotatable bonds is 5. The van der Waals surface area contributed by atoms with Gasteiger partial charge in [0.2, 0.25) is 10.0 Å². The molecule has 0 radical (unpaired) electrons. The lowest BCUT2D eigenvalue weighted by molar-refractivity contribution is 0.591. The maximum absolute atomic E-state index is 13.9. The van der Waals surface area contributed by atoms with Crippen LogP contribution in [0.1, 0.15) is 25.2 Å². The maximum atomic E-state index is 13.9. The lowest BCUT2D eigenvalue weighted by Crippen LogP contribution is -2.15. The average molecular weight is 298 g/mol. The van der Waals surface area contributed by atoms with Gasteiger partial charge in [0.05, 0.1) is 16.6 Å². The first kappa shape index (κ1) is 14.5. The van der Waals surface area contributed by atoms with E-state index >= 15 is 0 Å². The van der Waals surface area contributed by atoms with Crippen LogP contribution in [-0.4, -0.2) is 18.4 Å². The molecule has 8 heteroatoms. The Kier molecular flexibility index (Phi) is 4.05. The van der Waals surface area contributed by atoms with Crippen LogP contribution in [0.25, 0.3) is 0 Å². The topological polar surface area (TPSA) is 101 Å². The molecule has 0 aliphatic carbocycles. The molecule has 4 N–H and O–H groups in total. The Morgan fingerprint density at radius 1 is 1.50 bits per heavy atom. The van der Waals surface area contributed by atoms with Crippen molar-refractivity contribution in [2.45, 2.75) is 24.3 Å². The number of nitrogens with zero attached hydrogens (tertiary/aromatic N) is 1. The van der Waals surface area contributed by atoms with Crippen LogP contribution in [0.2, 0.25) is 0 Å². The molecule has 2 aromatic rings. The number of sulfonamides is 1. The Balaban J connectivity index is 2.26. The van der Waals surface area contributed by atoms with Gasteiger partial charge < -0.3 is 10.3 Å². The van der Waals surface area contributed by atoms with Crippen molar-refractivity contribution in [2.24, 2.45) is 5.14 Å². The Morgan fingerprint density at radius 3 is 2.75 bits per heavy atom. The van der Waals surface area contributed by atoms with Gasteiger partial charge in [-0.3, -0.25) is 0 Å². The Hall–Kier alpha value is -1.93. The van der Waals surface area contributed by atoms with Crippen LogP contribution in [0.3, 0.4) is 0 Å². The van der Waals surface area contributed by atoms with E-state index in [1.165, 1.54) is 12.1 Å². The number of nitrogens with two attached hydrogens (primary N) is 1. The number of benzene rings is 1. The first-order chi connectivity index (χ1) is 9.41. The summed E-state index contributed by atoms with van der Waals surface area (Å²) in [5.74, 6) is 0.00366. The number of hydrogen-bond donors (Lipinski definition) is 3. The maximum Gasteiger partial charge on any atom is 0.238 e. The fourth-order valence-electron chi connectivity index (χ4n) is 1.81. The zero-order chi connectivity index (χ0) is 14.8. The summed E-state index contributed by atoms with van der Waals surface area (Å²) in [6.07, 6.45) is 3.98. The predicted molar refractivity (Wildman–Crippen MR) is 73.0 cm³/mol. The highest BCUT2D eigenvalue weighted by atomic mass is 32.2. The van der Waals surface area contributed by atoms with Gasteiger partial charge in [0.1, 0.15) is 11.6 Å². The van der Waals surface area contributed by atoms with Gasteiger partial charge in [0, 0.05) is 12.4 Å². The van der Waals surface area contributed by atoms with Gasteiger partial charge >= 0.3 is 0 Å². The third kappa shape index (κ3) is 3.14. The zero-order valence-electron chi connectivity index (χ0n) is 10.8. The molecular weight excluding hydrogens is 283 g/mol. The highest BCUT2D eigenvalue weighted by Crippen LogP contribution is 2.24. The standard InChI is InChI=1S/C12H15FN4O2S/c1-2-10(12-15-5-6-16-12)17-11-4-3-8(7-9(11)13)20(14,18)19/h3-7,10,17H,2H2,1H3,(H,15,16)(H2,14,18,19). The zero-order valence-corrected chi connectivity index (χ0v) is 11.6. The number of anilines is 1. The van der Waals surface area contributed by atoms with Crippen LogP contribution in [-0.2, 0) is 10.0 Å². The van der Waals surface area contributed by atoms with Crippen molar-refractivity contribution in [3.63, 3.8) is 0 Å². The highest BCUT2D eigenvalue weighted by molar-refractivity contribution is 7.89. The van der Waals surface area contributed by atoms with Crippen molar-refractivity contribution < 1.29 is 12.8 Å². The van der Waals surface area contributed by atoms with Gasteiger partial charge in [0.25, 0.3) is 0 Å². The number of halogens is 1. The molecule has 1 unspecified atom stereocenters. The fraction of sp³-hybridized carbons (Fsp3) is 0.250. The van der Waals surface area contributed by atoms with Gasteiger partial charge in [-0.2, -0.15) is 0 Å². The second-order valence-electron chi connectivity index (χ2n) is 4.27. The summed E-state index contributed by atoms with van der Waals surface area (Å²) in [6.45, 7) is 1.93. The van der Waals surface area contributed by atoms with Gasteiger partial charge in [-0.05, 0) is 24.6 Å². The number of nitrogens with one attached hydrogen (secondary N) is 2. The number of hydrogen-bond acceptors (Lipinski definition) is 4. The number of imidazole rings is 1. The Morgan fingerprint density at radius 2 is 2.25 bits per heavy atom. The number of H-pyrrole nitrogens is 1. The van der Waals surface area contributed by atoms with E-state index in [4.69, 9.17) is 5.14 Å². The van der Waals surface area contributed by atoms with Gasteiger partial charge in [0.15, 0.2) is 0 Å². The molecule has 0 aliphatic heterocycles. The molecule has 0 bridgehead atoms. The van der Waals surface area contributed by atoms with Crippen LogP contribution in [0.5, 0.6) is 0 Å². The molecule has 0 spiro atoms. The molecule has 1 atom stereocenters. The normalized spacial score (nSPS) is 13.2. The molecule has 0 fully saturated rings. The number of aromatic amines is 1. The smallest absolute Gasteiger partial charge is 0.238 e. The van der Waals surface area contributed by atoms with Gasteiger partial charge in [-0.15, -0.1) is 0 Å². The van der Waals surface area contributed by atoms with E-state index in [0.717, 1.165) is 6.07 Å². The third-order valence-corrected chi connectivity index (χ3v) is 3.77. The highest BCUT2D eigenvalue weighted by Gasteiger charge is 2.16. The quantitative estimate of drug-likeness (QED) is 0.783. The lowest BCUT2D eigenvalue weighted by Gasteiger charge is -2.16. The second-order valence-corrected chi connectivity index (χ2v) is 5.83. The van der Waals surface area contributed by atoms with E-state index < -0.39 is 15.8 Å². The Bertz CT molecular complexity index is 685. The van der Waals surface area contributed by atoms with Crippen LogP contribution < -0.4 is 10.5 Å². The SMILES string of the molecule is CCC(Nc1ccc(S(N)(=O)=O)cc1F)c1ncc[nH]1. The van der Waals surface area contributed by atoms with Gasteiger partial charge in [-0.25, -0.2) is 22.9 Å². The summed E-state index contributed by atoms with van der Waals surface area (Å²) in [7, 11) is -3.91. The summed E-state index contributed by atoms with van der Waals surface area (Å²) < 4.78 is 36.2. The van der Waals surface area contributed by atoms with Crippen molar-refractivity contribution in [1.82, 2.24) is 9.97 Å². The summed E-state index contributed by atoms with van der Waals surface area (Å²) in [5, 5.41) is 7.92. The summed E-state index contributed by atoms with van der Waals surface area (Å²) in [4.78, 5) is 6.81. The molecule has 1 heterocycles. The molecule has 2 rings (SSSR count). The lowest BCUT2D eigenvalue weighted by atomic mass is 10.2. The molecule has 1 aromatic carbocycles. The fourth-order valence-corrected chi connectivity index (χ4v) is 2.33. The van der Waals surface area contributed by atoms with E-state index in [1.807, 2.05) is 6.92 Å². The monoisotopic (exact) mass is 298 g/mol. The first-order valence-corrected chi connectivity index (χ1v) is 7.54. The molecule has 20 heavy (non-hydrogen) atoms. The molecular formula is C12H15FN4O2S. The molecule has 6 nitrogen and oxygen atoms in total. The average Bonchev–Trinajstić information content (AvgIpc) is 2.90. The van der Waals surface area contributed by atoms with Crippen LogP contribution in [0.4, 0.5) is 10.1 Å². The van der Waals surface area contributed by atoms with Crippen molar-refractivity contribution in [2.75, 3.05) is 5.32 Å². The number of primary sulfonamides is 1. The Labute approximate surface area is 116 Å². The summed E-state index contributed by atoms with van der Waals surface area (Å²) in [5.41, 5.74) is 0.195. The molecule has 0 amide bonds. The van der Waals surface area contributed by atoms with Crippen LogP contribution in [0, 0.1) is 5.82 Å². The molecule has 0 saturated heterocycles. The van der Waals surface area contributed by atoms with E-state index in [0.29, 0.717) is 12.2 Å². The minimum atomic E-state index is -3.91. The van der Waals surface area contributed by atoms with E-state index in [1.54, 1.807) is 12.4 Å². The van der Waals surface area contributed by atoms with Crippen molar-refractivity contribution in [3.05, 3.63) is 42.2 Å². The third-order valence-electron chi connectivity index (χ3n) is 2.86. The first-order valence-electron chi connectivity index (χ1n) is 6.00. The molecule has 108 valence electrons. The van der Waals surface area contributed by atoms with Crippen molar-refractivity contribution >= 4 is 15.7 Å². The minimum absolute atomic E-state index is 0.195. The number of aromatic nitrogens is 2. The molecule has 1 aromatic heterocycles. The van der Waals surface area contributed by atoms with E-state index in [2.05, 4.69) is 15.3 Å². The second kappa shape index (κ2) is 5.59. The van der Waals surface area contributed by atoms with Crippen molar-refractivity contribution in [3.8, 4) is 0 Å². The van der Waals surface area contributed by atoms with Crippen LogP contribution in [0.15, 0.2) is 35.5 Å². The predicted octanol–water partition coefficient (Wildman–Crippen LogP) is 1.76. The summed E-state index contributed by atoms with van der Waals surface area (Å²) >= 11 is 0. The minimum Gasteiger partial charge on any atom is -0.373 e. The van der Waals surface area contributed by atoms with E-state index in [9.17, 15) is 12.8 Å².